The Kier molecular flexibility index (Phi) is 10.4. The van der Waals surface area contributed by atoms with Gasteiger partial charge in [0, 0.05) is 23.9 Å². The standard InChI is InChI=1S/C23H28N2O7S/c1-4-30-19-8-6-16(12-20(19)31-5-2)23(29)25-13-22(28)32-14-18(27)21-9-7-17(33-21)10-11-24-15(3)26/h6-9,12H,4-5,10-11,13-14H2,1-3H3,(H,24,26)(H,25,29). The van der Waals surface area contributed by atoms with Gasteiger partial charge >= 0.3 is 5.97 Å². The Morgan fingerprint density at radius 1 is 0.939 bits per heavy atom. The summed E-state index contributed by atoms with van der Waals surface area (Å²) >= 11 is 1.29. The van der Waals surface area contributed by atoms with Gasteiger partial charge in [0.25, 0.3) is 5.91 Å². The lowest BCUT2D eigenvalue weighted by Gasteiger charge is -2.12. The molecule has 1 aromatic heterocycles. The Labute approximate surface area is 196 Å². The molecule has 0 atom stereocenters. The Hall–Kier alpha value is -3.40. The van der Waals surface area contributed by atoms with E-state index in [0.717, 1.165) is 4.88 Å². The molecule has 0 fully saturated rings. The number of rotatable bonds is 13. The summed E-state index contributed by atoms with van der Waals surface area (Å²) < 4.78 is 15.9. The van der Waals surface area contributed by atoms with Crippen molar-refractivity contribution in [3.05, 3.63) is 45.6 Å². The summed E-state index contributed by atoms with van der Waals surface area (Å²) in [5.74, 6) is -0.690. The van der Waals surface area contributed by atoms with E-state index in [-0.39, 0.29) is 18.2 Å². The van der Waals surface area contributed by atoms with Gasteiger partial charge in [0.15, 0.2) is 18.1 Å². The number of thiophene rings is 1. The zero-order chi connectivity index (χ0) is 24.2. The first-order valence-electron chi connectivity index (χ1n) is 10.5. The van der Waals surface area contributed by atoms with Crippen molar-refractivity contribution in [3.63, 3.8) is 0 Å². The summed E-state index contributed by atoms with van der Waals surface area (Å²) in [6.45, 7) is 5.66. The van der Waals surface area contributed by atoms with E-state index in [1.807, 2.05) is 13.8 Å². The molecule has 0 bridgehead atoms. The Balaban J connectivity index is 1.80. The molecule has 0 aliphatic rings. The van der Waals surface area contributed by atoms with Crippen molar-refractivity contribution in [2.75, 3.05) is 32.9 Å². The molecule has 0 spiro atoms. The van der Waals surface area contributed by atoms with Crippen LogP contribution in [0.3, 0.4) is 0 Å². The van der Waals surface area contributed by atoms with Crippen molar-refractivity contribution in [1.82, 2.24) is 10.6 Å². The molecule has 2 N–H and O–H groups in total. The van der Waals surface area contributed by atoms with E-state index < -0.39 is 18.5 Å². The second kappa shape index (κ2) is 13.2. The fraction of sp³-hybridized carbons (Fsp3) is 0.391. The van der Waals surface area contributed by atoms with Crippen molar-refractivity contribution in [1.29, 1.82) is 0 Å². The predicted molar refractivity (Wildman–Crippen MR) is 123 cm³/mol. The molecule has 9 nitrogen and oxygen atoms in total. The average molecular weight is 477 g/mol. The number of hydrogen-bond donors (Lipinski definition) is 2. The Bertz CT molecular complexity index is 987. The molecular formula is C23H28N2O7S. The third kappa shape index (κ3) is 8.57. The number of hydrogen-bond acceptors (Lipinski definition) is 8. The monoisotopic (exact) mass is 476 g/mol. The van der Waals surface area contributed by atoms with Gasteiger partial charge in [0.1, 0.15) is 6.54 Å². The van der Waals surface area contributed by atoms with E-state index >= 15 is 0 Å². The highest BCUT2D eigenvalue weighted by molar-refractivity contribution is 7.14. The van der Waals surface area contributed by atoms with Crippen LogP contribution in [0.2, 0.25) is 0 Å². The van der Waals surface area contributed by atoms with Crippen LogP contribution in [0.15, 0.2) is 30.3 Å². The van der Waals surface area contributed by atoms with Crippen LogP contribution in [0.5, 0.6) is 11.5 Å². The molecule has 0 saturated heterocycles. The van der Waals surface area contributed by atoms with Gasteiger partial charge in [-0.25, -0.2) is 0 Å². The zero-order valence-electron chi connectivity index (χ0n) is 18.9. The summed E-state index contributed by atoms with van der Waals surface area (Å²) in [4.78, 5) is 48.9. The van der Waals surface area contributed by atoms with Crippen LogP contribution in [0.4, 0.5) is 0 Å². The number of amides is 2. The third-order valence-electron chi connectivity index (χ3n) is 4.24. The van der Waals surface area contributed by atoms with Gasteiger partial charge < -0.3 is 24.8 Å². The highest BCUT2D eigenvalue weighted by Crippen LogP contribution is 2.28. The molecule has 0 radical (unpaired) electrons. The fourth-order valence-corrected chi connectivity index (χ4v) is 3.67. The van der Waals surface area contributed by atoms with E-state index in [4.69, 9.17) is 14.2 Å². The molecule has 1 aromatic carbocycles. The summed E-state index contributed by atoms with van der Waals surface area (Å²) in [7, 11) is 0. The second-order valence-electron chi connectivity index (χ2n) is 6.79. The second-order valence-corrected chi connectivity index (χ2v) is 7.96. The number of benzene rings is 1. The van der Waals surface area contributed by atoms with Gasteiger partial charge in [-0.3, -0.25) is 19.2 Å². The van der Waals surface area contributed by atoms with Crippen LogP contribution in [0, 0.1) is 0 Å². The minimum absolute atomic E-state index is 0.112. The van der Waals surface area contributed by atoms with Gasteiger partial charge in [-0.1, -0.05) is 0 Å². The molecule has 0 aliphatic heterocycles. The molecule has 1 heterocycles. The van der Waals surface area contributed by atoms with Gasteiger partial charge in [-0.15, -0.1) is 11.3 Å². The highest BCUT2D eigenvalue weighted by Gasteiger charge is 2.15. The summed E-state index contributed by atoms with van der Waals surface area (Å²) in [5, 5.41) is 5.16. The molecule has 10 heteroatoms. The molecule has 0 unspecified atom stereocenters. The van der Waals surface area contributed by atoms with Crippen molar-refractivity contribution < 1.29 is 33.4 Å². The molecule has 0 saturated carbocycles. The number of Topliss-reactive ketones (excluding diaryl/α,β-unsaturated/α-hetero) is 1. The lowest BCUT2D eigenvalue weighted by atomic mass is 10.2. The predicted octanol–water partition coefficient (Wildman–Crippen LogP) is 2.38. The van der Waals surface area contributed by atoms with Crippen LogP contribution >= 0.6 is 11.3 Å². The van der Waals surface area contributed by atoms with Gasteiger partial charge in [-0.2, -0.15) is 0 Å². The summed E-state index contributed by atoms with van der Waals surface area (Å²) in [6.07, 6.45) is 0.611. The van der Waals surface area contributed by atoms with E-state index in [9.17, 15) is 19.2 Å². The van der Waals surface area contributed by atoms with E-state index in [1.165, 1.54) is 18.3 Å². The number of nitrogens with one attached hydrogen (secondary N) is 2. The number of esters is 1. The lowest BCUT2D eigenvalue weighted by molar-refractivity contribution is -0.141. The van der Waals surface area contributed by atoms with E-state index in [2.05, 4.69) is 10.6 Å². The van der Waals surface area contributed by atoms with Crippen molar-refractivity contribution in [2.24, 2.45) is 0 Å². The zero-order valence-corrected chi connectivity index (χ0v) is 19.7. The topological polar surface area (TPSA) is 120 Å². The number of carbonyl (C=O) groups is 4. The first-order valence-corrected chi connectivity index (χ1v) is 11.4. The maximum absolute atomic E-state index is 12.4. The summed E-state index contributed by atoms with van der Waals surface area (Å²) in [5.41, 5.74) is 0.302. The molecule has 2 rings (SSSR count). The average Bonchev–Trinajstić information content (AvgIpc) is 3.26. The molecule has 0 aliphatic carbocycles. The molecule has 33 heavy (non-hydrogen) atoms. The molecule has 178 valence electrons. The van der Waals surface area contributed by atoms with Crippen LogP contribution in [-0.4, -0.2) is 56.5 Å². The first-order chi connectivity index (χ1) is 15.8. The quantitative estimate of drug-likeness (QED) is 0.336. The number of ketones is 1. The highest BCUT2D eigenvalue weighted by atomic mass is 32.1. The minimum Gasteiger partial charge on any atom is -0.490 e. The maximum atomic E-state index is 12.4. The fourth-order valence-electron chi connectivity index (χ4n) is 2.74. The molecular weight excluding hydrogens is 448 g/mol. The van der Waals surface area contributed by atoms with Gasteiger partial charge in [0.05, 0.1) is 18.1 Å². The van der Waals surface area contributed by atoms with Gasteiger partial charge in [-0.05, 0) is 50.6 Å². The van der Waals surface area contributed by atoms with Gasteiger partial charge in [0.2, 0.25) is 11.7 Å². The first kappa shape index (κ1) is 25.9. The lowest BCUT2D eigenvalue weighted by Crippen LogP contribution is -2.31. The largest absolute Gasteiger partial charge is 0.490 e. The third-order valence-corrected chi connectivity index (χ3v) is 5.43. The molecule has 2 amide bonds. The van der Waals surface area contributed by atoms with Crippen molar-refractivity contribution in [3.8, 4) is 11.5 Å². The minimum atomic E-state index is -0.727. The van der Waals surface area contributed by atoms with Crippen LogP contribution < -0.4 is 20.1 Å². The Morgan fingerprint density at radius 2 is 1.67 bits per heavy atom. The summed E-state index contributed by atoms with van der Waals surface area (Å²) in [6, 6.07) is 8.20. The number of carbonyl (C=O) groups excluding carboxylic acids is 4. The van der Waals surface area contributed by atoms with Crippen molar-refractivity contribution >= 4 is 34.9 Å². The number of ether oxygens (including phenoxy) is 3. The maximum Gasteiger partial charge on any atom is 0.325 e. The van der Waals surface area contributed by atoms with Crippen LogP contribution in [0.25, 0.3) is 0 Å². The normalized spacial score (nSPS) is 10.3. The van der Waals surface area contributed by atoms with Crippen molar-refractivity contribution in [2.45, 2.75) is 27.2 Å². The van der Waals surface area contributed by atoms with Crippen LogP contribution in [0.1, 0.15) is 45.7 Å². The Morgan fingerprint density at radius 3 is 2.36 bits per heavy atom. The smallest absolute Gasteiger partial charge is 0.325 e. The van der Waals surface area contributed by atoms with E-state index in [1.54, 1.807) is 30.3 Å². The SMILES string of the molecule is CCOc1ccc(C(=O)NCC(=O)OCC(=O)c2ccc(CCNC(C)=O)s2)cc1OCC. The molecule has 2 aromatic rings. The van der Waals surface area contributed by atoms with Crippen LogP contribution in [-0.2, 0) is 20.7 Å². The van der Waals surface area contributed by atoms with E-state index in [0.29, 0.717) is 48.1 Å².